The maximum atomic E-state index is 6.31. The third kappa shape index (κ3) is 1.40. The van der Waals surface area contributed by atoms with E-state index in [0.717, 1.165) is 32.9 Å². The molecule has 0 amide bonds. The van der Waals surface area contributed by atoms with E-state index in [1.165, 1.54) is 5.39 Å². The lowest BCUT2D eigenvalue weighted by Crippen LogP contribution is -1.93. The molecule has 4 rings (SSSR count). The Morgan fingerprint density at radius 3 is 2.32 bits per heavy atom. The fourth-order valence-electron chi connectivity index (χ4n) is 2.66. The fraction of sp³-hybridized carbons (Fsp3) is 0. The van der Waals surface area contributed by atoms with Gasteiger partial charge in [0, 0.05) is 16.2 Å². The lowest BCUT2D eigenvalue weighted by atomic mass is 10.0. The summed E-state index contributed by atoms with van der Waals surface area (Å²) in [6.45, 7) is 0. The van der Waals surface area contributed by atoms with Gasteiger partial charge < -0.3 is 5.73 Å². The van der Waals surface area contributed by atoms with Gasteiger partial charge in [0.1, 0.15) is 0 Å². The van der Waals surface area contributed by atoms with Gasteiger partial charge in [-0.15, -0.1) is 0 Å². The second-order valence-corrected chi connectivity index (χ2v) is 4.73. The lowest BCUT2D eigenvalue weighted by Gasteiger charge is -2.08. The van der Waals surface area contributed by atoms with E-state index < -0.39 is 0 Å². The van der Waals surface area contributed by atoms with E-state index in [9.17, 15) is 0 Å². The molecule has 19 heavy (non-hydrogen) atoms. The number of fused-ring (bicyclic) bond motifs is 4. The van der Waals surface area contributed by atoms with Crippen molar-refractivity contribution in [3.63, 3.8) is 0 Å². The topological polar surface area (TPSA) is 38.9 Å². The molecule has 0 aliphatic carbocycles. The Hall–Kier alpha value is -2.61. The van der Waals surface area contributed by atoms with Crippen LogP contribution in [0.2, 0.25) is 0 Å². The van der Waals surface area contributed by atoms with Gasteiger partial charge in [0.25, 0.3) is 0 Å². The predicted molar refractivity (Wildman–Crippen MR) is 81.2 cm³/mol. The molecule has 0 atom stereocenters. The number of para-hydroxylation sites is 1. The van der Waals surface area contributed by atoms with Gasteiger partial charge in [-0.25, -0.2) is 4.98 Å². The Balaban J connectivity index is 2.32. The largest absolute Gasteiger partial charge is 0.398 e. The molecule has 2 nitrogen and oxygen atoms in total. The fourth-order valence-corrected chi connectivity index (χ4v) is 2.66. The number of anilines is 1. The van der Waals surface area contributed by atoms with Crippen LogP contribution in [0.5, 0.6) is 0 Å². The second kappa shape index (κ2) is 3.69. The Kier molecular flexibility index (Phi) is 2.00. The minimum Gasteiger partial charge on any atom is -0.398 e. The van der Waals surface area contributed by atoms with Crippen LogP contribution in [-0.4, -0.2) is 4.98 Å². The molecule has 2 heteroatoms. The van der Waals surface area contributed by atoms with Crippen LogP contribution in [0.4, 0.5) is 5.69 Å². The standard InChI is InChI=1S/C17H12N2/c18-16-13-7-3-4-8-15(13)19-17-12-6-2-1-5-11(12)9-10-14(16)17/h1-10H,(H2,18,19). The van der Waals surface area contributed by atoms with Crippen molar-refractivity contribution in [3.8, 4) is 0 Å². The molecule has 90 valence electrons. The zero-order valence-corrected chi connectivity index (χ0v) is 10.3. The molecule has 0 unspecified atom stereocenters. The maximum absolute atomic E-state index is 6.31. The summed E-state index contributed by atoms with van der Waals surface area (Å²) in [7, 11) is 0. The first kappa shape index (κ1) is 10.3. The predicted octanol–water partition coefficient (Wildman–Crippen LogP) is 4.12. The van der Waals surface area contributed by atoms with Crippen LogP contribution < -0.4 is 5.73 Å². The Bertz CT molecular complexity index is 926. The number of aromatic nitrogens is 1. The van der Waals surface area contributed by atoms with Crippen molar-refractivity contribution >= 4 is 38.3 Å². The number of rotatable bonds is 0. The Morgan fingerprint density at radius 2 is 1.42 bits per heavy atom. The summed E-state index contributed by atoms with van der Waals surface area (Å²) in [4.78, 5) is 4.79. The van der Waals surface area contributed by atoms with Crippen molar-refractivity contribution in [2.24, 2.45) is 0 Å². The minimum absolute atomic E-state index is 0.811. The molecular weight excluding hydrogens is 232 g/mol. The van der Waals surface area contributed by atoms with Crippen LogP contribution in [0.15, 0.2) is 60.7 Å². The van der Waals surface area contributed by atoms with E-state index in [-0.39, 0.29) is 0 Å². The molecule has 3 aromatic carbocycles. The molecule has 1 heterocycles. The van der Waals surface area contributed by atoms with Crippen molar-refractivity contribution < 1.29 is 0 Å². The van der Waals surface area contributed by atoms with E-state index in [1.54, 1.807) is 0 Å². The third-order valence-electron chi connectivity index (χ3n) is 3.62. The van der Waals surface area contributed by atoms with Gasteiger partial charge in [-0.3, -0.25) is 0 Å². The second-order valence-electron chi connectivity index (χ2n) is 4.73. The van der Waals surface area contributed by atoms with Crippen LogP contribution in [0.3, 0.4) is 0 Å². The molecule has 0 radical (unpaired) electrons. The highest BCUT2D eigenvalue weighted by molar-refractivity contribution is 6.15. The zero-order chi connectivity index (χ0) is 12.8. The smallest absolute Gasteiger partial charge is 0.0808 e. The van der Waals surface area contributed by atoms with Crippen LogP contribution >= 0.6 is 0 Å². The number of hydrogen-bond acceptors (Lipinski definition) is 2. The lowest BCUT2D eigenvalue weighted by molar-refractivity contribution is 1.51. The SMILES string of the molecule is Nc1c2ccccc2nc2c1ccc1ccccc12. The van der Waals surface area contributed by atoms with E-state index in [2.05, 4.69) is 24.3 Å². The van der Waals surface area contributed by atoms with Crippen molar-refractivity contribution in [3.05, 3.63) is 60.7 Å². The Labute approximate surface area is 110 Å². The summed E-state index contributed by atoms with van der Waals surface area (Å²) < 4.78 is 0. The molecule has 1 aromatic heterocycles. The number of pyridine rings is 1. The van der Waals surface area contributed by atoms with Crippen LogP contribution in [0.25, 0.3) is 32.6 Å². The minimum atomic E-state index is 0.811. The first-order valence-corrected chi connectivity index (χ1v) is 6.30. The van der Waals surface area contributed by atoms with Crippen LogP contribution in [0, 0.1) is 0 Å². The number of hydrogen-bond donors (Lipinski definition) is 1. The average molecular weight is 244 g/mol. The Morgan fingerprint density at radius 1 is 0.684 bits per heavy atom. The molecule has 0 saturated carbocycles. The molecular formula is C17H12N2. The summed E-state index contributed by atoms with van der Waals surface area (Å²) in [5, 5.41) is 4.39. The third-order valence-corrected chi connectivity index (χ3v) is 3.62. The van der Waals surface area contributed by atoms with Gasteiger partial charge in [-0.05, 0) is 11.5 Å². The van der Waals surface area contributed by atoms with Gasteiger partial charge in [-0.2, -0.15) is 0 Å². The van der Waals surface area contributed by atoms with Gasteiger partial charge in [0.2, 0.25) is 0 Å². The van der Waals surface area contributed by atoms with Crippen molar-refractivity contribution in [1.29, 1.82) is 0 Å². The van der Waals surface area contributed by atoms with E-state index >= 15 is 0 Å². The van der Waals surface area contributed by atoms with Gasteiger partial charge in [-0.1, -0.05) is 54.6 Å². The average Bonchev–Trinajstić information content (AvgIpc) is 2.47. The molecule has 0 saturated heterocycles. The summed E-state index contributed by atoms with van der Waals surface area (Å²) in [5.41, 5.74) is 9.05. The highest BCUT2D eigenvalue weighted by atomic mass is 14.7. The van der Waals surface area contributed by atoms with Crippen LogP contribution in [0.1, 0.15) is 0 Å². The van der Waals surface area contributed by atoms with E-state index in [0.29, 0.717) is 0 Å². The molecule has 2 N–H and O–H groups in total. The first-order chi connectivity index (χ1) is 9.34. The van der Waals surface area contributed by atoms with Crippen LogP contribution in [-0.2, 0) is 0 Å². The first-order valence-electron chi connectivity index (χ1n) is 6.30. The number of nitrogens with zero attached hydrogens (tertiary/aromatic N) is 1. The van der Waals surface area contributed by atoms with Gasteiger partial charge in [0.05, 0.1) is 16.7 Å². The van der Waals surface area contributed by atoms with E-state index in [1.807, 2.05) is 36.4 Å². The normalized spacial score (nSPS) is 11.4. The molecule has 0 aliphatic heterocycles. The number of nitrogens with two attached hydrogens (primary N) is 1. The summed E-state index contributed by atoms with van der Waals surface area (Å²) in [5.74, 6) is 0. The number of benzene rings is 3. The zero-order valence-electron chi connectivity index (χ0n) is 10.3. The molecule has 0 spiro atoms. The molecule has 0 bridgehead atoms. The molecule has 0 fully saturated rings. The molecule has 4 aromatic rings. The monoisotopic (exact) mass is 244 g/mol. The quantitative estimate of drug-likeness (QED) is 0.373. The summed E-state index contributed by atoms with van der Waals surface area (Å²) in [6.07, 6.45) is 0. The highest BCUT2D eigenvalue weighted by Crippen LogP contribution is 2.32. The van der Waals surface area contributed by atoms with Crippen molar-refractivity contribution in [2.75, 3.05) is 5.73 Å². The highest BCUT2D eigenvalue weighted by Gasteiger charge is 2.08. The molecule has 0 aliphatic rings. The van der Waals surface area contributed by atoms with Gasteiger partial charge in [0.15, 0.2) is 0 Å². The van der Waals surface area contributed by atoms with E-state index in [4.69, 9.17) is 10.7 Å². The van der Waals surface area contributed by atoms with Crippen molar-refractivity contribution in [2.45, 2.75) is 0 Å². The number of nitrogen functional groups attached to an aromatic ring is 1. The van der Waals surface area contributed by atoms with Crippen molar-refractivity contribution in [1.82, 2.24) is 4.98 Å². The van der Waals surface area contributed by atoms with Gasteiger partial charge >= 0.3 is 0 Å². The summed E-state index contributed by atoms with van der Waals surface area (Å²) >= 11 is 0. The summed E-state index contributed by atoms with van der Waals surface area (Å²) in [6, 6.07) is 20.4. The maximum Gasteiger partial charge on any atom is 0.0808 e.